The third kappa shape index (κ3) is 3.23. The first kappa shape index (κ1) is 15.5. The van der Waals surface area contributed by atoms with Gasteiger partial charge in [-0.05, 0) is 12.1 Å². The van der Waals surface area contributed by atoms with Crippen molar-refractivity contribution in [2.75, 3.05) is 25.1 Å². The summed E-state index contributed by atoms with van der Waals surface area (Å²) in [6.45, 7) is 0. The van der Waals surface area contributed by atoms with E-state index in [1.807, 2.05) is 0 Å². The van der Waals surface area contributed by atoms with Gasteiger partial charge in [-0.1, -0.05) is 23.7 Å². The van der Waals surface area contributed by atoms with Crippen LogP contribution in [0.4, 0.5) is 17.5 Å². The van der Waals surface area contributed by atoms with Gasteiger partial charge in [0.2, 0.25) is 16.0 Å². The van der Waals surface area contributed by atoms with Gasteiger partial charge in [-0.3, -0.25) is 0 Å². The Hall–Kier alpha value is -1.90. The number of benzene rings is 1. The molecule has 112 valence electrons. The number of para-hydroxylation sites is 1. The van der Waals surface area contributed by atoms with Crippen LogP contribution in [0.25, 0.3) is 0 Å². The number of sulfonamides is 1. The molecule has 0 amide bonds. The Morgan fingerprint density at radius 1 is 1.29 bits per heavy atom. The number of nitrogens with one attached hydrogen (secondary N) is 1. The normalized spacial score (nSPS) is 11.6. The summed E-state index contributed by atoms with van der Waals surface area (Å²) < 4.78 is 25.7. The van der Waals surface area contributed by atoms with Gasteiger partial charge < -0.3 is 11.1 Å². The van der Waals surface area contributed by atoms with Crippen molar-refractivity contribution in [3.05, 3.63) is 35.5 Å². The molecule has 0 spiro atoms. The quantitative estimate of drug-likeness (QED) is 0.886. The van der Waals surface area contributed by atoms with Gasteiger partial charge in [0, 0.05) is 14.1 Å². The van der Waals surface area contributed by atoms with Crippen molar-refractivity contribution < 1.29 is 8.42 Å². The molecule has 1 aromatic heterocycles. The lowest BCUT2D eigenvalue weighted by Gasteiger charge is -2.16. The van der Waals surface area contributed by atoms with Crippen LogP contribution in [0.1, 0.15) is 0 Å². The molecule has 1 heterocycles. The van der Waals surface area contributed by atoms with Gasteiger partial charge in [0.05, 0.1) is 11.9 Å². The van der Waals surface area contributed by atoms with Crippen molar-refractivity contribution in [2.24, 2.45) is 0 Å². The number of hydrogen-bond acceptors (Lipinski definition) is 6. The number of nitrogens with zero attached hydrogens (tertiary/aromatic N) is 3. The minimum absolute atomic E-state index is 0.0369. The Labute approximate surface area is 127 Å². The summed E-state index contributed by atoms with van der Waals surface area (Å²) in [5.74, 6) is 0.278. The molecule has 0 fully saturated rings. The molecule has 0 radical (unpaired) electrons. The van der Waals surface area contributed by atoms with Gasteiger partial charge in [-0.25, -0.2) is 17.7 Å². The topological polar surface area (TPSA) is 101 Å². The van der Waals surface area contributed by atoms with Gasteiger partial charge in [0.1, 0.15) is 9.92 Å². The molecule has 0 aliphatic rings. The second-order valence-electron chi connectivity index (χ2n) is 4.33. The van der Waals surface area contributed by atoms with E-state index in [2.05, 4.69) is 15.3 Å². The summed E-state index contributed by atoms with van der Waals surface area (Å²) in [6.07, 6.45) is 1.34. The number of aromatic nitrogens is 2. The molecule has 2 aromatic rings. The van der Waals surface area contributed by atoms with Crippen molar-refractivity contribution >= 4 is 39.1 Å². The molecule has 0 aliphatic heterocycles. The van der Waals surface area contributed by atoms with E-state index >= 15 is 0 Å². The molecule has 7 nitrogen and oxygen atoms in total. The van der Waals surface area contributed by atoms with E-state index in [9.17, 15) is 8.42 Å². The van der Waals surface area contributed by atoms with Crippen molar-refractivity contribution in [2.45, 2.75) is 4.90 Å². The minimum Gasteiger partial charge on any atom is -0.368 e. The van der Waals surface area contributed by atoms with Gasteiger partial charge in [-0.15, -0.1) is 0 Å². The molecule has 9 heteroatoms. The number of hydrogen-bond donors (Lipinski definition) is 2. The zero-order valence-electron chi connectivity index (χ0n) is 11.4. The highest BCUT2D eigenvalue weighted by Crippen LogP contribution is 2.28. The summed E-state index contributed by atoms with van der Waals surface area (Å²) >= 11 is 5.97. The Kier molecular flexibility index (Phi) is 4.31. The second-order valence-corrected chi connectivity index (χ2v) is 6.86. The Morgan fingerprint density at radius 2 is 1.95 bits per heavy atom. The van der Waals surface area contributed by atoms with Crippen LogP contribution in [-0.2, 0) is 10.0 Å². The van der Waals surface area contributed by atoms with Crippen LogP contribution in [-0.4, -0.2) is 36.8 Å². The van der Waals surface area contributed by atoms with Crippen LogP contribution in [0.2, 0.25) is 5.02 Å². The predicted molar refractivity (Wildman–Crippen MR) is 82.1 cm³/mol. The fraction of sp³-hybridized carbons (Fsp3) is 0.167. The maximum absolute atomic E-state index is 12.3. The fourth-order valence-corrected chi connectivity index (χ4v) is 2.77. The van der Waals surface area contributed by atoms with Gasteiger partial charge >= 0.3 is 0 Å². The van der Waals surface area contributed by atoms with Crippen LogP contribution in [0.5, 0.6) is 0 Å². The highest BCUT2D eigenvalue weighted by Gasteiger charge is 2.21. The first-order valence-electron chi connectivity index (χ1n) is 5.89. The molecular formula is C12H14ClN5O2S. The molecule has 0 unspecified atom stereocenters. The number of nitrogens with two attached hydrogens (primary N) is 1. The van der Waals surface area contributed by atoms with E-state index in [0.29, 0.717) is 5.69 Å². The van der Waals surface area contributed by atoms with E-state index < -0.39 is 10.0 Å². The van der Waals surface area contributed by atoms with Crippen LogP contribution in [0.15, 0.2) is 35.4 Å². The smallest absolute Gasteiger partial charge is 0.244 e. The summed E-state index contributed by atoms with van der Waals surface area (Å²) in [7, 11) is -0.677. The van der Waals surface area contributed by atoms with Crippen molar-refractivity contribution in [1.82, 2.24) is 14.3 Å². The maximum atomic E-state index is 12.3. The molecule has 0 saturated heterocycles. The molecule has 0 atom stereocenters. The zero-order chi connectivity index (χ0) is 15.6. The SMILES string of the molecule is CN(C)S(=O)(=O)c1ccccc1Nc1nc(N)ncc1Cl. The molecule has 2 rings (SSSR count). The number of nitrogen functional groups attached to an aromatic ring is 1. The van der Waals surface area contributed by atoms with Crippen LogP contribution < -0.4 is 11.1 Å². The average molecular weight is 328 g/mol. The Balaban J connectivity index is 2.49. The third-order valence-corrected chi connectivity index (χ3v) is 4.81. The summed E-state index contributed by atoms with van der Waals surface area (Å²) in [5.41, 5.74) is 5.86. The summed E-state index contributed by atoms with van der Waals surface area (Å²) in [4.78, 5) is 7.81. The fourth-order valence-electron chi connectivity index (χ4n) is 1.59. The molecular weight excluding hydrogens is 314 g/mol. The molecule has 0 aliphatic carbocycles. The van der Waals surface area contributed by atoms with Crippen molar-refractivity contribution in [3.63, 3.8) is 0 Å². The van der Waals surface area contributed by atoms with Crippen LogP contribution in [0.3, 0.4) is 0 Å². The Morgan fingerprint density at radius 3 is 2.62 bits per heavy atom. The van der Waals surface area contributed by atoms with Gasteiger partial charge in [0.15, 0.2) is 5.82 Å². The zero-order valence-corrected chi connectivity index (χ0v) is 13.0. The molecule has 1 aromatic carbocycles. The summed E-state index contributed by atoms with van der Waals surface area (Å²) in [6, 6.07) is 6.45. The number of rotatable bonds is 4. The maximum Gasteiger partial charge on any atom is 0.244 e. The predicted octanol–water partition coefficient (Wildman–Crippen LogP) is 1.71. The van der Waals surface area contributed by atoms with Gasteiger partial charge in [0.25, 0.3) is 0 Å². The lowest BCUT2D eigenvalue weighted by atomic mass is 10.3. The third-order valence-electron chi connectivity index (χ3n) is 2.66. The average Bonchev–Trinajstić information content (AvgIpc) is 2.43. The van der Waals surface area contributed by atoms with E-state index in [1.165, 1.54) is 26.4 Å². The van der Waals surface area contributed by atoms with Crippen LogP contribution in [0, 0.1) is 0 Å². The highest BCUT2D eigenvalue weighted by atomic mass is 35.5. The first-order chi connectivity index (χ1) is 9.82. The Bertz CT molecular complexity index is 764. The molecule has 3 N–H and O–H groups in total. The van der Waals surface area contributed by atoms with E-state index in [4.69, 9.17) is 17.3 Å². The van der Waals surface area contributed by atoms with Crippen molar-refractivity contribution in [1.29, 1.82) is 0 Å². The van der Waals surface area contributed by atoms with E-state index in [1.54, 1.807) is 18.2 Å². The van der Waals surface area contributed by atoms with Crippen molar-refractivity contribution in [3.8, 4) is 0 Å². The van der Waals surface area contributed by atoms with E-state index in [0.717, 1.165) is 4.31 Å². The lowest BCUT2D eigenvalue weighted by molar-refractivity contribution is 0.521. The van der Waals surface area contributed by atoms with Gasteiger partial charge in [-0.2, -0.15) is 4.98 Å². The monoisotopic (exact) mass is 327 g/mol. The number of halogens is 1. The number of anilines is 3. The summed E-state index contributed by atoms with van der Waals surface area (Å²) in [5, 5.41) is 3.11. The first-order valence-corrected chi connectivity index (χ1v) is 7.71. The standard InChI is InChI=1S/C12H14ClN5O2S/c1-18(2)21(19,20)10-6-4-3-5-9(10)16-11-8(13)7-15-12(14)17-11/h3-7H,1-2H3,(H3,14,15,16,17). The largest absolute Gasteiger partial charge is 0.368 e. The lowest BCUT2D eigenvalue weighted by Crippen LogP contribution is -2.23. The molecule has 0 bridgehead atoms. The second kappa shape index (κ2) is 5.84. The van der Waals surface area contributed by atoms with E-state index in [-0.39, 0.29) is 21.7 Å². The van der Waals surface area contributed by atoms with Crippen LogP contribution >= 0.6 is 11.6 Å². The molecule has 21 heavy (non-hydrogen) atoms. The highest BCUT2D eigenvalue weighted by molar-refractivity contribution is 7.89. The minimum atomic E-state index is -3.60. The molecule has 0 saturated carbocycles.